The van der Waals surface area contributed by atoms with Crippen molar-refractivity contribution in [1.29, 1.82) is 0 Å². The molecule has 1 aromatic carbocycles. The van der Waals surface area contributed by atoms with Crippen molar-refractivity contribution in [3.63, 3.8) is 0 Å². The Morgan fingerprint density at radius 1 is 1.29 bits per heavy atom. The fourth-order valence-corrected chi connectivity index (χ4v) is 3.66. The number of hydrogen-bond acceptors (Lipinski definition) is 4. The van der Waals surface area contributed by atoms with Gasteiger partial charge < -0.3 is 14.0 Å². The summed E-state index contributed by atoms with van der Waals surface area (Å²) in [5.74, 6) is 1.20. The lowest BCUT2D eigenvalue weighted by Gasteiger charge is -2.22. The monoisotopic (exact) mass is 381 g/mol. The van der Waals surface area contributed by atoms with E-state index < -0.39 is 0 Å². The molecule has 0 N–H and O–H groups in total. The van der Waals surface area contributed by atoms with E-state index in [4.69, 9.17) is 9.47 Å². The first-order chi connectivity index (χ1) is 13.8. The second-order valence-electron chi connectivity index (χ2n) is 7.40. The van der Waals surface area contributed by atoms with Crippen molar-refractivity contribution in [3.8, 4) is 17.0 Å². The molecule has 28 heavy (non-hydrogen) atoms. The van der Waals surface area contributed by atoms with Crippen LogP contribution < -0.4 is 10.3 Å². The van der Waals surface area contributed by atoms with E-state index in [0.29, 0.717) is 24.6 Å². The quantitative estimate of drug-likeness (QED) is 0.585. The van der Waals surface area contributed by atoms with Gasteiger partial charge in [-0.05, 0) is 37.5 Å². The van der Waals surface area contributed by atoms with Gasteiger partial charge in [-0.3, -0.25) is 4.79 Å². The molecule has 6 heteroatoms. The van der Waals surface area contributed by atoms with Gasteiger partial charge in [-0.15, -0.1) is 0 Å². The molecule has 1 saturated heterocycles. The zero-order chi connectivity index (χ0) is 19.3. The van der Waals surface area contributed by atoms with Crippen LogP contribution in [0, 0.1) is 5.92 Å². The molecule has 1 atom stereocenters. The second-order valence-corrected chi connectivity index (χ2v) is 7.40. The summed E-state index contributed by atoms with van der Waals surface area (Å²) in [6, 6.07) is 9.72. The molecule has 0 amide bonds. The summed E-state index contributed by atoms with van der Waals surface area (Å²) in [5.41, 5.74) is 2.23. The van der Waals surface area contributed by atoms with Crippen molar-refractivity contribution in [2.24, 2.45) is 5.92 Å². The first kappa shape index (κ1) is 18.7. The van der Waals surface area contributed by atoms with Gasteiger partial charge in [-0.2, -0.15) is 5.10 Å². The molecule has 1 aliphatic rings. The summed E-state index contributed by atoms with van der Waals surface area (Å²) >= 11 is 0. The molecule has 3 heterocycles. The van der Waals surface area contributed by atoms with E-state index in [2.05, 4.69) is 12.0 Å². The molecule has 1 aliphatic heterocycles. The van der Waals surface area contributed by atoms with Gasteiger partial charge in [0.1, 0.15) is 11.3 Å². The van der Waals surface area contributed by atoms with Gasteiger partial charge in [-0.1, -0.05) is 25.5 Å². The van der Waals surface area contributed by atoms with Crippen LogP contribution in [0.2, 0.25) is 0 Å². The first-order valence-electron chi connectivity index (χ1n) is 10.1. The predicted octanol–water partition coefficient (Wildman–Crippen LogP) is 3.77. The number of unbranched alkanes of at least 4 members (excludes halogenated alkanes) is 1. The molecule has 6 nitrogen and oxygen atoms in total. The SMILES string of the molecule is CCCCOc1ccccc1-c1cc2c(=O)n(CC3CCCOC3)ccn2n1. The lowest BCUT2D eigenvalue weighted by molar-refractivity contribution is 0.0480. The highest BCUT2D eigenvalue weighted by molar-refractivity contribution is 5.71. The third-order valence-corrected chi connectivity index (χ3v) is 5.23. The summed E-state index contributed by atoms with van der Waals surface area (Å²) < 4.78 is 14.9. The molecule has 2 aromatic heterocycles. The van der Waals surface area contributed by atoms with Gasteiger partial charge >= 0.3 is 0 Å². The molecule has 3 aromatic rings. The van der Waals surface area contributed by atoms with Crippen molar-refractivity contribution in [1.82, 2.24) is 14.2 Å². The number of nitrogens with zero attached hydrogens (tertiary/aromatic N) is 3. The van der Waals surface area contributed by atoms with E-state index >= 15 is 0 Å². The normalized spacial score (nSPS) is 17.1. The fourth-order valence-electron chi connectivity index (χ4n) is 3.66. The lowest BCUT2D eigenvalue weighted by Crippen LogP contribution is -2.28. The molecular weight excluding hydrogens is 354 g/mol. The van der Waals surface area contributed by atoms with Crippen molar-refractivity contribution in [3.05, 3.63) is 53.1 Å². The summed E-state index contributed by atoms with van der Waals surface area (Å²) in [6.07, 6.45) is 7.93. The second kappa shape index (κ2) is 8.61. The Balaban J connectivity index is 1.63. The van der Waals surface area contributed by atoms with Crippen LogP contribution in [0.4, 0.5) is 0 Å². The van der Waals surface area contributed by atoms with E-state index in [1.807, 2.05) is 42.7 Å². The van der Waals surface area contributed by atoms with Crippen LogP contribution in [-0.4, -0.2) is 34.0 Å². The molecule has 1 unspecified atom stereocenters. The third kappa shape index (κ3) is 3.97. The molecule has 0 radical (unpaired) electrons. The Morgan fingerprint density at radius 2 is 2.18 bits per heavy atom. The van der Waals surface area contributed by atoms with Crippen LogP contribution >= 0.6 is 0 Å². The summed E-state index contributed by atoms with van der Waals surface area (Å²) in [6.45, 7) is 5.06. The Bertz CT molecular complexity index is 986. The highest BCUT2D eigenvalue weighted by Gasteiger charge is 2.17. The smallest absolute Gasteiger partial charge is 0.276 e. The first-order valence-corrected chi connectivity index (χ1v) is 10.1. The van der Waals surface area contributed by atoms with Crippen molar-refractivity contribution >= 4 is 5.52 Å². The molecule has 0 spiro atoms. The fraction of sp³-hybridized carbons (Fsp3) is 0.455. The van der Waals surface area contributed by atoms with Crippen LogP contribution in [0.5, 0.6) is 5.75 Å². The van der Waals surface area contributed by atoms with E-state index in [1.165, 1.54) is 0 Å². The van der Waals surface area contributed by atoms with Gasteiger partial charge in [0.05, 0.1) is 18.9 Å². The minimum Gasteiger partial charge on any atom is -0.493 e. The lowest BCUT2D eigenvalue weighted by atomic mass is 10.0. The van der Waals surface area contributed by atoms with Crippen molar-refractivity contribution in [2.45, 2.75) is 39.2 Å². The molecule has 0 bridgehead atoms. The van der Waals surface area contributed by atoms with Gasteiger partial charge in [0.15, 0.2) is 0 Å². The highest BCUT2D eigenvalue weighted by Crippen LogP contribution is 2.29. The van der Waals surface area contributed by atoms with Crippen molar-refractivity contribution < 1.29 is 9.47 Å². The summed E-state index contributed by atoms with van der Waals surface area (Å²) in [4.78, 5) is 13.0. The standard InChI is InChI=1S/C22H27N3O3/c1-2-3-13-28-21-9-5-4-8-18(21)19-14-20-22(26)24(10-11-25(20)23-19)15-17-7-6-12-27-16-17/h4-5,8-11,14,17H,2-3,6-7,12-13,15-16H2,1H3. The maximum atomic E-state index is 13.0. The highest BCUT2D eigenvalue weighted by atomic mass is 16.5. The van der Waals surface area contributed by atoms with Crippen LogP contribution in [0.25, 0.3) is 16.8 Å². The minimum absolute atomic E-state index is 0.0174. The van der Waals surface area contributed by atoms with Gasteiger partial charge in [-0.25, -0.2) is 4.52 Å². The summed E-state index contributed by atoms with van der Waals surface area (Å²) in [5, 5.41) is 4.62. The average Bonchev–Trinajstić information content (AvgIpc) is 3.16. The zero-order valence-electron chi connectivity index (χ0n) is 16.3. The van der Waals surface area contributed by atoms with E-state index in [0.717, 1.165) is 55.9 Å². The van der Waals surface area contributed by atoms with Crippen LogP contribution in [0.15, 0.2) is 47.5 Å². The summed E-state index contributed by atoms with van der Waals surface area (Å²) in [7, 11) is 0. The number of hydrogen-bond donors (Lipinski definition) is 0. The maximum Gasteiger partial charge on any atom is 0.276 e. The van der Waals surface area contributed by atoms with Gasteiger partial charge in [0.2, 0.25) is 0 Å². The van der Waals surface area contributed by atoms with Gasteiger partial charge in [0.25, 0.3) is 5.56 Å². The topological polar surface area (TPSA) is 57.8 Å². The van der Waals surface area contributed by atoms with Crippen LogP contribution in [0.3, 0.4) is 0 Å². The van der Waals surface area contributed by atoms with Crippen molar-refractivity contribution in [2.75, 3.05) is 19.8 Å². The number of ether oxygens (including phenoxy) is 2. The van der Waals surface area contributed by atoms with E-state index in [-0.39, 0.29) is 5.56 Å². The number of benzene rings is 1. The minimum atomic E-state index is -0.0174. The predicted molar refractivity (Wildman–Crippen MR) is 109 cm³/mol. The third-order valence-electron chi connectivity index (χ3n) is 5.23. The average molecular weight is 381 g/mol. The molecule has 148 valence electrons. The van der Waals surface area contributed by atoms with Crippen LogP contribution in [0.1, 0.15) is 32.6 Å². The van der Waals surface area contributed by atoms with Crippen LogP contribution in [-0.2, 0) is 11.3 Å². The van der Waals surface area contributed by atoms with Gasteiger partial charge in [0, 0.05) is 37.0 Å². The molecule has 0 aliphatic carbocycles. The molecule has 1 fully saturated rings. The number of aromatic nitrogens is 3. The van der Waals surface area contributed by atoms with E-state index in [9.17, 15) is 4.79 Å². The molecule has 4 rings (SSSR count). The molecule has 0 saturated carbocycles. The Morgan fingerprint density at radius 3 is 3.00 bits per heavy atom. The largest absolute Gasteiger partial charge is 0.493 e. The Kier molecular flexibility index (Phi) is 5.76. The Hall–Kier alpha value is -2.60. The number of para-hydroxylation sites is 1. The number of rotatable bonds is 7. The Labute approximate surface area is 164 Å². The molecular formula is C22H27N3O3. The zero-order valence-corrected chi connectivity index (χ0v) is 16.3. The van der Waals surface area contributed by atoms with E-state index in [1.54, 1.807) is 9.08 Å². The maximum absolute atomic E-state index is 13.0. The number of fused-ring (bicyclic) bond motifs is 1.